The fourth-order valence-corrected chi connectivity index (χ4v) is 4.21. The topological polar surface area (TPSA) is 66.7 Å². The van der Waals surface area contributed by atoms with E-state index in [-0.39, 0.29) is 17.9 Å². The van der Waals surface area contributed by atoms with Crippen LogP contribution in [-0.4, -0.2) is 45.2 Å². The zero-order chi connectivity index (χ0) is 18.8. The van der Waals surface area contributed by atoms with Crippen LogP contribution in [0.4, 0.5) is 0 Å². The largest absolute Gasteiger partial charge is 0.347 e. The van der Waals surface area contributed by atoms with Crippen LogP contribution in [0.1, 0.15) is 73.0 Å². The van der Waals surface area contributed by atoms with Gasteiger partial charge in [0.05, 0.1) is 5.52 Å². The van der Waals surface area contributed by atoms with Gasteiger partial charge in [-0.05, 0) is 43.7 Å². The standard InChI is InChI=1S/C21H28N4O2/c1-15-10-13-24(14-11-15)21(27)18-17-9-5-6-12-25(17)19(23-18)20(26)22-16-7-3-2-4-8-16/h5-6,9,12,15-16H,2-4,7-8,10-11,13-14H2,1H3,(H,22,26). The number of hydrogen-bond donors (Lipinski definition) is 1. The minimum absolute atomic E-state index is 0.0673. The van der Waals surface area contributed by atoms with Gasteiger partial charge in [0, 0.05) is 25.3 Å². The number of nitrogens with zero attached hydrogens (tertiary/aromatic N) is 3. The van der Waals surface area contributed by atoms with Crippen LogP contribution in [0.25, 0.3) is 5.52 Å². The van der Waals surface area contributed by atoms with Crippen molar-refractivity contribution in [3.05, 3.63) is 35.9 Å². The van der Waals surface area contributed by atoms with Crippen molar-refractivity contribution in [2.75, 3.05) is 13.1 Å². The maximum atomic E-state index is 13.1. The lowest BCUT2D eigenvalue weighted by molar-refractivity contribution is 0.0694. The highest BCUT2D eigenvalue weighted by atomic mass is 16.2. The maximum absolute atomic E-state index is 13.1. The summed E-state index contributed by atoms with van der Waals surface area (Å²) in [5.74, 6) is 0.714. The molecule has 2 amide bonds. The molecule has 2 aliphatic rings. The Balaban J connectivity index is 1.60. The zero-order valence-corrected chi connectivity index (χ0v) is 16.0. The molecule has 144 valence electrons. The second-order valence-corrected chi connectivity index (χ2v) is 8.02. The van der Waals surface area contributed by atoms with Gasteiger partial charge in [-0.15, -0.1) is 0 Å². The predicted molar refractivity (Wildman–Crippen MR) is 104 cm³/mol. The molecule has 6 nitrogen and oxygen atoms in total. The van der Waals surface area contributed by atoms with Crippen LogP contribution in [0, 0.1) is 5.92 Å². The van der Waals surface area contributed by atoms with Gasteiger partial charge in [-0.2, -0.15) is 0 Å². The van der Waals surface area contributed by atoms with Crippen molar-refractivity contribution in [1.29, 1.82) is 0 Å². The average molecular weight is 368 g/mol. The predicted octanol–water partition coefficient (Wildman–Crippen LogP) is 3.27. The first kappa shape index (κ1) is 18.0. The minimum Gasteiger partial charge on any atom is -0.347 e. The zero-order valence-electron chi connectivity index (χ0n) is 16.0. The molecule has 0 bridgehead atoms. The molecule has 1 aliphatic carbocycles. The third-order valence-electron chi connectivity index (χ3n) is 5.97. The average Bonchev–Trinajstić information content (AvgIpc) is 3.09. The number of likely N-dealkylation sites (tertiary alicyclic amines) is 1. The molecule has 1 saturated carbocycles. The van der Waals surface area contributed by atoms with Gasteiger partial charge < -0.3 is 10.2 Å². The molecule has 0 unspecified atom stereocenters. The molecule has 0 spiro atoms. The Bertz CT molecular complexity index is 830. The molecule has 2 aromatic rings. The van der Waals surface area contributed by atoms with Gasteiger partial charge in [0.1, 0.15) is 0 Å². The molecule has 0 radical (unpaired) electrons. The van der Waals surface area contributed by atoms with E-state index in [4.69, 9.17) is 0 Å². The fraction of sp³-hybridized carbons (Fsp3) is 0.571. The Morgan fingerprint density at radius 3 is 2.56 bits per heavy atom. The number of amides is 2. The molecular weight excluding hydrogens is 340 g/mol. The van der Waals surface area contributed by atoms with Gasteiger partial charge in [-0.25, -0.2) is 4.98 Å². The number of pyridine rings is 1. The maximum Gasteiger partial charge on any atom is 0.287 e. The van der Waals surface area contributed by atoms with Gasteiger partial charge in [-0.1, -0.05) is 32.3 Å². The monoisotopic (exact) mass is 368 g/mol. The summed E-state index contributed by atoms with van der Waals surface area (Å²) in [6.45, 7) is 3.74. The van der Waals surface area contributed by atoms with Crippen molar-refractivity contribution in [3.8, 4) is 0 Å². The summed E-state index contributed by atoms with van der Waals surface area (Å²) in [7, 11) is 0. The molecule has 0 aromatic carbocycles. The number of carbonyl (C=O) groups excluding carboxylic acids is 2. The lowest BCUT2D eigenvalue weighted by Crippen LogP contribution is -2.38. The van der Waals surface area contributed by atoms with Crippen molar-refractivity contribution >= 4 is 17.3 Å². The Labute approximate surface area is 159 Å². The summed E-state index contributed by atoms with van der Waals surface area (Å²) >= 11 is 0. The lowest BCUT2D eigenvalue weighted by Gasteiger charge is -2.29. The second kappa shape index (κ2) is 7.71. The van der Waals surface area contributed by atoms with E-state index in [1.54, 1.807) is 4.40 Å². The Morgan fingerprint density at radius 1 is 1.07 bits per heavy atom. The molecule has 1 saturated heterocycles. The van der Waals surface area contributed by atoms with Crippen LogP contribution in [0.2, 0.25) is 0 Å². The Morgan fingerprint density at radius 2 is 1.81 bits per heavy atom. The summed E-state index contributed by atoms with van der Waals surface area (Å²) < 4.78 is 1.75. The summed E-state index contributed by atoms with van der Waals surface area (Å²) in [5, 5.41) is 3.12. The van der Waals surface area contributed by atoms with Crippen LogP contribution >= 0.6 is 0 Å². The van der Waals surface area contributed by atoms with Crippen LogP contribution in [0.15, 0.2) is 24.4 Å². The van der Waals surface area contributed by atoms with Gasteiger partial charge in [0.15, 0.2) is 5.69 Å². The molecule has 1 N–H and O–H groups in total. The van der Waals surface area contributed by atoms with E-state index in [9.17, 15) is 9.59 Å². The number of nitrogens with one attached hydrogen (secondary N) is 1. The van der Waals surface area contributed by atoms with Crippen LogP contribution < -0.4 is 5.32 Å². The fourth-order valence-electron chi connectivity index (χ4n) is 4.21. The quantitative estimate of drug-likeness (QED) is 0.904. The summed E-state index contributed by atoms with van der Waals surface area (Å²) in [5.41, 5.74) is 1.09. The van der Waals surface area contributed by atoms with E-state index in [2.05, 4.69) is 17.2 Å². The molecular formula is C21H28N4O2. The van der Waals surface area contributed by atoms with E-state index in [0.29, 0.717) is 23.0 Å². The molecule has 2 fully saturated rings. The summed E-state index contributed by atoms with van der Waals surface area (Å²) in [4.78, 5) is 32.3. The summed E-state index contributed by atoms with van der Waals surface area (Å²) in [6.07, 6.45) is 9.45. The number of hydrogen-bond acceptors (Lipinski definition) is 3. The summed E-state index contributed by atoms with van der Waals surface area (Å²) in [6, 6.07) is 5.83. The molecule has 3 heterocycles. The van der Waals surface area contributed by atoms with Gasteiger partial charge in [0.25, 0.3) is 11.8 Å². The van der Waals surface area contributed by atoms with Crippen molar-refractivity contribution in [3.63, 3.8) is 0 Å². The van der Waals surface area contributed by atoms with Gasteiger partial charge in [0.2, 0.25) is 5.82 Å². The highest BCUT2D eigenvalue weighted by molar-refractivity contribution is 6.02. The third kappa shape index (κ3) is 3.70. The normalized spacial score (nSPS) is 19.4. The Hall–Kier alpha value is -2.37. The first-order valence-electron chi connectivity index (χ1n) is 10.2. The number of imidazole rings is 1. The molecule has 4 rings (SSSR count). The molecule has 2 aromatic heterocycles. The number of piperidine rings is 1. The second-order valence-electron chi connectivity index (χ2n) is 8.02. The smallest absolute Gasteiger partial charge is 0.287 e. The molecule has 6 heteroatoms. The van der Waals surface area contributed by atoms with E-state index in [1.165, 1.54) is 6.42 Å². The molecule has 1 aliphatic heterocycles. The SMILES string of the molecule is CC1CCN(C(=O)c2nc(C(=O)NC3CCCCC3)n3ccccc23)CC1. The van der Waals surface area contributed by atoms with Crippen molar-refractivity contribution in [1.82, 2.24) is 19.6 Å². The van der Waals surface area contributed by atoms with Gasteiger partial charge >= 0.3 is 0 Å². The van der Waals surface area contributed by atoms with E-state index >= 15 is 0 Å². The first-order valence-corrected chi connectivity index (χ1v) is 10.2. The van der Waals surface area contributed by atoms with Crippen LogP contribution in [0.5, 0.6) is 0 Å². The number of aromatic nitrogens is 2. The van der Waals surface area contributed by atoms with Crippen LogP contribution in [-0.2, 0) is 0 Å². The first-order chi connectivity index (χ1) is 13.1. The van der Waals surface area contributed by atoms with E-state index in [1.807, 2.05) is 29.3 Å². The van der Waals surface area contributed by atoms with E-state index < -0.39 is 0 Å². The van der Waals surface area contributed by atoms with Crippen LogP contribution in [0.3, 0.4) is 0 Å². The molecule has 27 heavy (non-hydrogen) atoms. The van der Waals surface area contributed by atoms with Crippen molar-refractivity contribution < 1.29 is 9.59 Å². The highest BCUT2D eigenvalue weighted by Gasteiger charge is 2.28. The lowest BCUT2D eigenvalue weighted by atomic mass is 9.95. The Kier molecular flexibility index (Phi) is 5.14. The minimum atomic E-state index is -0.186. The van der Waals surface area contributed by atoms with Crippen molar-refractivity contribution in [2.24, 2.45) is 5.92 Å². The third-order valence-corrected chi connectivity index (χ3v) is 5.97. The van der Waals surface area contributed by atoms with E-state index in [0.717, 1.165) is 51.6 Å². The number of fused-ring (bicyclic) bond motifs is 1. The highest BCUT2D eigenvalue weighted by Crippen LogP contribution is 2.22. The number of rotatable bonds is 3. The van der Waals surface area contributed by atoms with Gasteiger partial charge in [-0.3, -0.25) is 14.0 Å². The molecule has 0 atom stereocenters. The number of carbonyl (C=O) groups is 2. The van der Waals surface area contributed by atoms with Crippen molar-refractivity contribution in [2.45, 2.75) is 57.9 Å².